The normalized spacial score (nSPS) is 21.2. The molecule has 1 amide bonds. The zero-order chi connectivity index (χ0) is 26.8. The monoisotopic (exact) mass is 527 g/mol. The van der Waals surface area contributed by atoms with Crippen molar-refractivity contribution in [2.45, 2.75) is 56.8 Å². The van der Waals surface area contributed by atoms with Gasteiger partial charge in [-0.05, 0) is 60.9 Å². The molecular formula is C31H33N3O5. The van der Waals surface area contributed by atoms with Crippen LogP contribution in [0, 0.1) is 0 Å². The van der Waals surface area contributed by atoms with Crippen LogP contribution in [0.4, 0.5) is 11.4 Å². The van der Waals surface area contributed by atoms with Gasteiger partial charge in [-0.1, -0.05) is 31.4 Å². The second-order valence-corrected chi connectivity index (χ2v) is 10.6. The van der Waals surface area contributed by atoms with E-state index in [0.29, 0.717) is 30.4 Å². The van der Waals surface area contributed by atoms with E-state index < -0.39 is 5.97 Å². The average Bonchev–Trinajstić information content (AvgIpc) is 3.72. The third-order valence-corrected chi connectivity index (χ3v) is 7.95. The van der Waals surface area contributed by atoms with Crippen LogP contribution < -0.4 is 15.0 Å². The molecule has 1 saturated heterocycles. The van der Waals surface area contributed by atoms with Crippen molar-refractivity contribution in [3.63, 3.8) is 0 Å². The lowest BCUT2D eigenvalue weighted by molar-refractivity contribution is -0.131. The molecule has 0 spiro atoms. The van der Waals surface area contributed by atoms with E-state index in [4.69, 9.17) is 14.3 Å². The molecule has 1 aromatic heterocycles. The molecule has 2 aliphatic heterocycles. The van der Waals surface area contributed by atoms with Gasteiger partial charge in [-0.2, -0.15) is 0 Å². The fourth-order valence-corrected chi connectivity index (χ4v) is 6.02. The van der Waals surface area contributed by atoms with Crippen molar-refractivity contribution in [2.24, 2.45) is 0 Å². The SMILES string of the molecule is O=C(O)/C=C/c1ccc(O[C@H]2CCN(C(=O)c3ccc4c(c3)NC(c3ccoc3)N4C3CCCCC3)C2)cc1. The summed E-state index contributed by atoms with van der Waals surface area (Å²) in [5.41, 5.74) is 4.69. The molecule has 39 heavy (non-hydrogen) atoms. The molecule has 2 atom stereocenters. The Morgan fingerprint density at radius 1 is 1.03 bits per heavy atom. The molecule has 3 aliphatic rings. The summed E-state index contributed by atoms with van der Waals surface area (Å²) in [6.45, 7) is 1.16. The van der Waals surface area contributed by atoms with Gasteiger partial charge in [-0.3, -0.25) is 4.79 Å². The zero-order valence-corrected chi connectivity index (χ0v) is 21.8. The molecule has 1 unspecified atom stereocenters. The van der Waals surface area contributed by atoms with E-state index in [-0.39, 0.29) is 18.2 Å². The Hall–Kier alpha value is -4.20. The first-order chi connectivity index (χ1) is 19.0. The number of carbonyl (C=O) groups excluding carboxylic acids is 1. The summed E-state index contributed by atoms with van der Waals surface area (Å²) in [6.07, 6.45) is 13.0. The summed E-state index contributed by atoms with van der Waals surface area (Å²) >= 11 is 0. The first kappa shape index (κ1) is 25.1. The average molecular weight is 528 g/mol. The smallest absolute Gasteiger partial charge is 0.328 e. The predicted molar refractivity (Wildman–Crippen MR) is 149 cm³/mol. The van der Waals surface area contributed by atoms with Crippen LogP contribution in [0.5, 0.6) is 5.75 Å². The summed E-state index contributed by atoms with van der Waals surface area (Å²) in [7, 11) is 0. The van der Waals surface area contributed by atoms with Crippen LogP contribution in [-0.4, -0.2) is 47.1 Å². The van der Waals surface area contributed by atoms with Gasteiger partial charge in [0, 0.05) is 36.2 Å². The van der Waals surface area contributed by atoms with Crippen LogP contribution in [0.15, 0.2) is 71.6 Å². The van der Waals surface area contributed by atoms with E-state index in [1.54, 1.807) is 18.6 Å². The fraction of sp³-hybridized carbons (Fsp3) is 0.355. The van der Waals surface area contributed by atoms with Crippen LogP contribution in [0.2, 0.25) is 0 Å². The number of aliphatic carboxylic acids is 1. The van der Waals surface area contributed by atoms with Crippen LogP contribution in [0.25, 0.3) is 6.08 Å². The highest BCUT2D eigenvalue weighted by molar-refractivity contribution is 5.97. The highest BCUT2D eigenvalue weighted by Gasteiger charge is 2.37. The number of rotatable bonds is 7. The lowest BCUT2D eigenvalue weighted by atomic mass is 9.93. The summed E-state index contributed by atoms with van der Waals surface area (Å²) in [4.78, 5) is 28.5. The lowest BCUT2D eigenvalue weighted by Gasteiger charge is -2.37. The Bertz CT molecular complexity index is 1350. The number of hydrogen-bond donors (Lipinski definition) is 2. The molecule has 6 rings (SSSR count). The third kappa shape index (κ3) is 5.37. The maximum absolute atomic E-state index is 13.5. The summed E-state index contributed by atoms with van der Waals surface area (Å²) in [5, 5.41) is 12.4. The molecular weight excluding hydrogens is 494 g/mol. The van der Waals surface area contributed by atoms with Crippen LogP contribution in [0.1, 0.15) is 66.2 Å². The minimum atomic E-state index is -0.982. The largest absolute Gasteiger partial charge is 0.489 e. The van der Waals surface area contributed by atoms with E-state index in [1.807, 2.05) is 47.4 Å². The van der Waals surface area contributed by atoms with E-state index in [0.717, 1.165) is 35.0 Å². The van der Waals surface area contributed by atoms with Crippen molar-refractivity contribution in [3.05, 3.63) is 83.8 Å². The Morgan fingerprint density at radius 3 is 2.59 bits per heavy atom. The Balaban J connectivity index is 1.13. The van der Waals surface area contributed by atoms with Crippen molar-refractivity contribution >= 4 is 29.3 Å². The molecule has 0 bridgehead atoms. The van der Waals surface area contributed by atoms with Gasteiger partial charge < -0.3 is 29.4 Å². The van der Waals surface area contributed by atoms with Crippen molar-refractivity contribution < 1.29 is 23.8 Å². The number of carboxylic acid groups (broad SMARTS) is 1. The number of ether oxygens (including phenoxy) is 1. The highest BCUT2D eigenvalue weighted by atomic mass is 16.5. The molecule has 3 heterocycles. The minimum absolute atomic E-state index is 0.00257. The molecule has 2 N–H and O–H groups in total. The van der Waals surface area contributed by atoms with Crippen molar-refractivity contribution in [3.8, 4) is 5.75 Å². The van der Waals surface area contributed by atoms with Crippen molar-refractivity contribution in [1.82, 2.24) is 4.90 Å². The van der Waals surface area contributed by atoms with Gasteiger partial charge in [-0.15, -0.1) is 0 Å². The first-order valence-corrected chi connectivity index (χ1v) is 13.7. The van der Waals surface area contributed by atoms with E-state index in [1.165, 1.54) is 32.1 Å². The fourth-order valence-electron chi connectivity index (χ4n) is 6.02. The number of fused-ring (bicyclic) bond motifs is 1. The van der Waals surface area contributed by atoms with Gasteiger partial charge in [-0.25, -0.2) is 4.79 Å². The second-order valence-electron chi connectivity index (χ2n) is 10.6. The molecule has 1 saturated carbocycles. The molecule has 8 nitrogen and oxygen atoms in total. The van der Waals surface area contributed by atoms with Gasteiger partial charge in [0.2, 0.25) is 0 Å². The molecule has 1 aliphatic carbocycles. The van der Waals surface area contributed by atoms with Crippen LogP contribution >= 0.6 is 0 Å². The minimum Gasteiger partial charge on any atom is -0.489 e. The number of hydrogen-bond acceptors (Lipinski definition) is 6. The molecule has 2 fully saturated rings. The van der Waals surface area contributed by atoms with E-state index in [2.05, 4.69) is 16.3 Å². The number of amides is 1. The predicted octanol–water partition coefficient (Wildman–Crippen LogP) is 5.93. The number of furan rings is 1. The number of anilines is 2. The Labute approximate surface area is 227 Å². The van der Waals surface area contributed by atoms with Gasteiger partial charge in [0.05, 0.1) is 30.4 Å². The molecule has 3 aromatic rings. The molecule has 0 radical (unpaired) electrons. The summed E-state index contributed by atoms with van der Waals surface area (Å²) < 4.78 is 11.5. The summed E-state index contributed by atoms with van der Waals surface area (Å²) in [6, 6.07) is 15.8. The first-order valence-electron chi connectivity index (χ1n) is 13.7. The van der Waals surface area contributed by atoms with Crippen LogP contribution in [0.3, 0.4) is 0 Å². The second kappa shape index (κ2) is 10.9. The van der Waals surface area contributed by atoms with Crippen LogP contribution in [-0.2, 0) is 4.79 Å². The van der Waals surface area contributed by atoms with Crippen molar-refractivity contribution in [1.29, 1.82) is 0 Å². The van der Waals surface area contributed by atoms with Gasteiger partial charge in [0.15, 0.2) is 0 Å². The van der Waals surface area contributed by atoms with Gasteiger partial charge in [0.25, 0.3) is 5.91 Å². The van der Waals surface area contributed by atoms with E-state index in [9.17, 15) is 9.59 Å². The van der Waals surface area contributed by atoms with Crippen molar-refractivity contribution in [2.75, 3.05) is 23.3 Å². The van der Waals surface area contributed by atoms with Gasteiger partial charge >= 0.3 is 5.97 Å². The topological polar surface area (TPSA) is 95.2 Å². The third-order valence-electron chi connectivity index (χ3n) is 7.95. The molecule has 2 aromatic carbocycles. The Kier molecular flexibility index (Phi) is 7.00. The standard InChI is InChI=1S/C31H33N3O5/c35-29(36)13-8-21-6-10-25(11-7-21)39-26-14-16-33(19-26)31(37)22-9-12-28-27(18-22)32-30(23-15-17-38-20-23)34(28)24-4-2-1-3-5-24/h6-13,15,17-18,20,24,26,30,32H,1-5,14,16,19H2,(H,35,36)/b13-8+/t26-,30?/m0/s1. The maximum atomic E-state index is 13.5. The maximum Gasteiger partial charge on any atom is 0.328 e. The number of nitrogens with zero attached hydrogens (tertiary/aromatic N) is 2. The number of carbonyl (C=O) groups is 2. The van der Waals surface area contributed by atoms with Gasteiger partial charge in [0.1, 0.15) is 18.0 Å². The quantitative estimate of drug-likeness (QED) is 0.368. The lowest BCUT2D eigenvalue weighted by Crippen LogP contribution is -2.39. The Morgan fingerprint density at radius 2 is 1.85 bits per heavy atom. The summed E-state index contributed by atoms with van der Waals surface area (Å²) in [5.74, 6) is -0.267. The molecule has 202 valence electrons. The number of likely N-dealkylation sites (tertiary alicyclic amines) is 1. The number of carboxylic acids is 1. The number of benzene rings is 2. The number of nitrogens with one attached hydrogen (secondary N) is 1. The molecule has 8 heteroatoms. The van der Waals surface area contributed by atoms with E-state index >= 15 is 0 Å². The highest BCUT2D eigenvalue weighted by Crippen LogP contribution is 2.45. The zero-order valence-electron chi connectivity index (χ0n) is 21.8.